The second kappa shape index (κ2) is 10.2. The maximum Gasteiger partial charge on any atom is 0.417 e. The monoisotopic (exact) mass is 540 g/mol. The van der Waals surface area contributed by atoms with Gasteiger partial charge in [-0.1, -0.05) is 6.07 Å². The molecule has 0 saturated carbocycles. The predicted octanol–water partition coefficient (Wildman–Crippen LogP) is 4.62. The van der Waals surface area contributed by atoms with Gasteiger partial charge in [-0.25, -0.2) is 9.18 Å². The van der Waals surface area contributed by atoms with E-state index in [-0.39, 0.29) is 36.0 Å². The lowest BCUT2D eigenvalue weighted by molar-refractivity contribution is -0.155. The normalized spacial score (nSPS) is 20.9. The van der Waals surface area contributed by atoms with Crippen LogP contribution < -0.4 is 15.8 Å². The van der Waals surface area contributed by atoms with Crippen molar-refractivity contribution in [3.63, 3.8) is 0 Å². The Hall–Kier alpha value is -3.12. The predicted molar refractivity (Wildman–Crippen MR) is 132 cm³/mol. The van der Waals surface area contributed by atoms with E-state index >= 15 is 4.39 Å². The van der Waals surface area contributed by atoms with Crippen molar-refractivity contribution in [3.05, 3.63) is 57.3 Å². The number of benzene rings is 2. The second-order valence-electron chi connectivity index (χ2n) is 9.99. The molecule has 0 aliphatic carbocycles. The lowest BCUT2D eigenvalue weighted by atomic mass is 9.83. The van der Waals surface area contributed by atoms with Gasteiger partial charge in [0.2, 0.25) is 0 Å². The first-order valence-corrected chi connectivity index (χ1v) is 12.5. The van der Waals surface area contributed by atoms with Gasteiger partial charge < -0.3 is 14.5 Å². The summed E-state index contributed by atoms with van der Waals surface area (Å²) in [6.45, 7) is 2.00. The molecule has 1 saturated heterocycles. The molecular formula is C26H29F5N4O3. The molecule has 0 amide bonds. The Balaban J connectivity index is 1.55. The Morgan fingerprint density at radius 3 is 2.68 bits per heavy atom. The largest absolute Gasteiger partial charge is 0.496 e. The average molecular weight is 541 g/mol. The number of methoxy groups -OCH3 is 1. The van der Waals surface area contributed by atoms with Crippen molar-refractivity contribution in [2.75, 3.05) is 45.3 Å². The number of alkyl halides is 4. The molecule has 7 nitrogen and oxygen atoms in total. The Labute approximate surface area is 215 Å². The number of anilines is 1. The number of hydrogen-bond acceptors (Lipinski definition) is 6. The van der Waals surface area contributed by atoms with Gasteiger partial charge >= 0.3 is 11.9 Å². The van der Waals surface area contributed by atoms with Crippen LogP contribution in [0.4, 0.5) is 27.6 Å². The maximum absolute atomic E-state index is 15.9. The Bertz CT molecular complexity index is 1370. The molecule has 3 aromatic rings. The van der Waals surface area contributed by atoms with Gasteiger partial charge in [0.25, 0.3) is 0 Å². The summed E-state index contributed by atoms with van der Waals surface area (Å²) in [7, 11) is 1.35. The molecule has 0 spiro atoms. The Morgan fingerprint density at radius 2 is 2.00 bits per heavy atom. The summed E-state index contributed by atoms with van der Waals surface area (Å²) in [5, 5.41) is 3.23. The van der Waals surface area contributed by atoms with Gasteiger partial charge in [0.15, 0.2) is 5.58 Å². The quantitative estimate of drug-likeness (QED) is 0.407. The van der Waals surface area contributed by atoms with E-state index in [2.05, 4.69) is 15.2 Å². The highest BCUT2D eigenvalue weighted by Gasteiger charge is 2.43. The van der Waals surface area contributed by atoms with E-state index < -0.39 is 36.4 Å². The zero-order valence-corrected chi connectivity index (χ0v) is 21.0. The van der Waals surface area contributed by atoms with Crippen LogP contribution in [0.2, 0.25) is 0 Å². The molecule has 206 valence electrons. The van der Waals surface area contributed by atoms with Crippen molar-refractivity contribution in [1.82, 2.24) is 14.8 Å². The molecular weight excluding hydrogens is 511 g/mol. The highest BCUT2D eigenvalue weighted by Crippen LogP contribution is 2.46. The Kier molecular flexibility index (Phi) is 7.12. The van der Waals surface area contributed by atoms with Crippen molar-refractivity contribution in [3.8, 4) is 5.75 Å². The summed E-state index contributed by atoms with van der Waals surface area (Å²) in [5.41, 5.74) is 2.08. The van der Waals surface area contributed by atoms with Crippen LogP contribution in [0.5, 0.6) is 5.75 Å². The number of fused-ring (bicyclic) bond motifs is 3. The highest BCUT2D eigenvalue weighted by atomic mass is 19.4. The first-order valence-electron chi connectivity index (χ1n) is 12.5. The van der Waals surface area contributed by atoms with Crippen molar-refractivity contribution < 1.29 is 31.1 Å². The number of likely N-dealkylation sites (tertiary alicyclic amines) is 1. The number of nitrogens with zero attached hydrogens (tertiary/aromatic N) is 2. The third-order valence-corrected chi connectivity index (χ3v) is 7.30. The van der Waals surface area contributed by atoms with Crippen LogP contribution in [-0.4, -0.2) is 73.0 Å². The van der Waals surface area contributed by atoms with E-state index in [0.29, 0.717) is 48.4 Å². The summed E-state index contributed by atoms with van der Waals surface area (Å²) in [5.74, 6) is -1.28. The number of halogens is 5. The molecule has 0 radical (unpaired) electrons. The van der Waals surface area contributed by atoms with Crippen molar-refractivity contribution in [2.45, 2.75) is 44.1 Å². The molecule has 38 heavy (non-hydrogen) atoms. The molecule has 5 rings (SSSR count). The van der Waals surface area contributed by atoms with E-state index in [1.807, 2.05) is 0 Å². The molecule has 12 heteroatoms. The zero-order valence-electron chi connectivity index (χ0n) is 21.0. The summed E-state index contributed by atoms with van der Waals surface area (Å²) < 4.78 is 80.3. The van der Waals surface area contributed by atoms with Gasteiger partial charge in [-0.05, 0) is 37.5 Å². The standard InChI is InChI=1S/C26H29F5N4O3/c1-14-8-18-17(4-5-20-24(18)38-25(36)33-20)23(35(14)13-26(29,30)31)22-19(28)9-15(10-21(22)37-2)32-16-11-34(12-16)7-3-6-27/h4-5,9-10,14,16,23,32H,3,6-8,11-13H2,1-2H3,(H,33,36)/t14-,23?/m1/s1. The zero-order chi connectivity index (χ0) is 27.2. The number of rotatable bonds is 8. The highest BCUT2D eigenvalue weighted by molar-refractivity contribution is 5.78. The number of oxazole rings is 1. The number of aromatic nitrogens is 1. The molecule has 3 heterocycles. The van der Waals surface area contributed by atoms with E-state index in [1.165, 1.54) is 18.1 Å². The molecule has 2 aromatic carbocycles. The number of nitrogens with one attached hydrogen (secondary N) is 2. The minimum atomic E-state index is -4.53. The van der Waals surface area contributed by atoms with Gasteiger partial charge in [-0.2, -0.15) is 13.2 Å². The van der Waals surface area contributed by atoms with E-state index in [4.69, 9.17) is 9.15 Å². The first-order chi connectivity index (χ1) is 18.1. The van der Waals surface area contributed by atoms with E-state index in [0.717, 1.165) is 0 Å². The van der Waals surface area contributed by atoms with Gasteiger partial charge in [0, 0.05) is 43.0 Å². The van der Waals surface area contributed by atoms with Crippen LogP contribution in [0.25, 0.3) is 11.1 Å². The van der Waals surface area contributed by atoms with Crippen molar-refractivity contribution >= 4 is 16.8 Å². The van der Waals surface area contributed by atoms with Crippen LogP contribution in [0.3, 0.4) is 0 Å². The minimum Gasteiger partial charge on any atom is -0.496 e. The summed E-state index contributed by atoms with van der Waals surface area (Å²) in [4.78, 5) is 17.7. The summed E-state index contributed by atoms with van der Waals surface area (Å²) in [6.07, 6.45) is -3.89. The Morgan fingerprint density at radius 1 is 1.24 bits per heavy atom. The van der Waals surface area contributed by atoms with Crippen LogP contribution in [0, 0.1) is 5.82 Å². The molecule has 2 aliphatic rings. The second-order valence-corrected chi connectivity index (χ2v) is 9.99. The summed E-state index contributed by atoms with van der Waals surface area (Å²) in [6, 6.07) is 4.26. The molecule has 2 N–H and O–H groups in total. The van der Waals surface area contributed by atoms with Gasteiger partial charge in [-0.15, -0.1) is 0 Å². The molecule has 0 bridgehead atoms. The number of H-pyrrole nitrogens is 1. The van der Waals surface area contributed by atoms with Crippen LogP contribution >= 0.6 is 0 Å². The smallest absolute Gasteiger partial charge is 0.417 e. The van der Waals surface area contributed by atoms with E-state index in [1.54, 1.807) is 25.1 Å². The first kappa shape index (κ1) is 26.5. The fourth-order valence-corrected chi connectivity index (χ4v) is 5.65. The number of aromatic amines is 1. The topological polar surface area (TPSA) is 73.7 Å². The molecule has 1 aromatic heterocycles. The molecule has 2 atom stereocenters. The van der Waals surface area contributed by atoms with Crippen LogP contribution in [0.1, 0.15) is 36.1 Å². The van der Waals surface area contributed by atoms with Crippen molar-refractivity contribution in [1.29, 1.82) is 0 Å². The fraction of sp³-hybridized carbons (Fsp3) is 0.500. The van der Waals surface area contributed by atoms with Gasteiger partial charge in [0.1, 0.15) is 11.6 Å². The SMILES string of the molecule is COc1cc(NC2CN(CCCF)C2)cc(F)c1C1c2ccc3[nH]c(=O)oc3c2C[C@@H](C)N1CC(F)(F)F. The molecule has 1 unspecified atom stereocenters. The average Bonchev–Trinajstić information content (AvgIpc) is 3.21. The number of hydrogen-bond donors (Lipinski definition) is 2. The maximum atomic E-state index is 15.9. The fourth-order valence-electron chi connectivity index (χ4n) is 5.65. The van der Waals surface area contributed by atoms with Crippen LogP contribution in [0.15, 0.2) is 33.5 Å². The van der Waals surface area contributed by atoms with E-state index in [9.17, 15) is 22.4 Å². The van der Waals surface area contributed by atoms with Crippen LogP contribution in [-0.2, 0) is 6.42 Å². The lowest BCUT2D eigenvalue weighted by Gasteiger charge is -2.43. The molecule has 1 fully saturated rings. The third kappa shape index (κ3) is 5.11. The minimum absolute atomic E-state index is 0.0227. The molecule has 2 aliphatic heterocycles. The van der Waals surface area contributed by atoms with Gasteiger partial charge in [-0.3, -0.25) is 19.2 Å². The van der Waals surface area contributed by atoms with Crippen molar-refractivity contribution in [2.24, 2.45) is 0 Å². The van der Waals surface area contributed by atoms with Gasteiger partial charge in [0.05, 0.1) is 43.5 Å². The third-order valence-electron chi connectivity index (χ3n) is 7.30. The summed E-state index contributed by atoms with van der Waals surface area (Å²) >= 11 is 0. The number of ether oxygens (including phenoxy) is 1. The lowest BCUT2D eigenvalue weighted by Crippen LogP contribution is -2.54.